The third-order valence-corrected chi connectivity index (χ3v) is 3.03. The quantitative estimate of drug-likeness (QED) is 0.850. The fourth-order valence-corrected chi connectivity index (χ4v) is 2.11. The molecule has 0 aliphatic carbocycles. The third kappa shape index (κ3) is 2.09. The average molecular weight is 278 g/mol. The molecule has 2 aromatic rings. The number of H-pyrrole nitrogens is 1. The monoisotopic (exact) mass is 277 g/mol. The minimum absolute atomic E-state index is 0.648. The van der Waals surface area contributed by atoms with Crippen molar-refractivity contribution >= 4 is 22.2 Å². The standard InChI is InChI=1S/C13H12BrNO/c1-2-11-7-12(13(8-16)15-11)9-4-3-5-10(14)6-9/h3-8,15H,2H2,1H3. The van der Waals surface area contributed by atoms with E-state index in [9.17, 15) is 4.79 Å². The van der Waals surface area contributed by atoms with Gasteiger partial charge in [0.1, 0.15) is 0 Å². The SMILES string of the molecule is CCc1cc(-c2cccc(Br)c2)c(C=O)[nH]1. The predicted molar refractivity (Wildman–Crippen MR) is 68.7 cm³/mol. The highest BCUT2D eigenvalue weighted by atomic mass is 79.9. The van der Waals surface area contributed by atoms with Crippen LogP contribution in [-0.4, -0.2) is 11.3 Å². The zero-order valence-corrected chi connectivity index (χ0v) is 10.5. The first-order chi connectivity index (χ1) is 7.74. The van der Waals surface area contributed by atoms with Crippen LogP contribution in [0.3, 0.4) is 0 Å². The van der Waals surface area contributed by atoms with Gasteiger partial charge in [0.25, 0.3) is 0 Å². The van der Waals surface area contributed by atoms with Crippen LogP contribution in [0.15, 0.2) is 34.8 Å². The van der Waals surface area contributed by atoms with Gasteiger partial charge >= 0.3 is 0 Å². The number of carbonyl (C=O) groups is 1. The van der Waals surface area contributed by atoms with Crippen LogP contribution in [-0.2, 0) is 6.42 Å². The van der Waals surface area contributed by atoms with Crippen molar-refractivity contribution in [1.29, 1.82) is 0 Å². The number of hydrogen-bond donors (Lipinski definition) is 1. The summed E-state index contributed by atoms with van der Waals surface area (Å²) in [5.74, 6) is 0. The van der Waals surface area contributed by atoms with Gasteiger partial charge in [0.05, 0.1) is 5.69 Å². The second-order valence-electron chi connectivity index (χ2n) is 3.60. The van der Waals surface area contributed by atoms with Crippen molar-refractivity contribution < 1.29 is 4.79 Å². The molecule has 0 bridgehead atoms. The number of aldehydes is 1. The second kappa shape index (κ2) is 4.66. The lowest BCUT2D eigenvalue weighted by Gasteiger charge is -1.99. The second-order valence-corrected chi connectivity index (χ2v) is 4.52. The van der Waals surface area contributed by atoms with E-state index in [4.69, 9.17) is 0 Å². The zero-order valence-electron chi connectivity index (χ0n) is 8.96. The molecular formula is C13H12BrNO. The van der Waals surface area contributed by atoms with Crippen LogP contribution in [0.4, 0.5) is 0 Å². The minimum Gasteiger partial charge on any atom is -0.356 e. The normalized spacial score (nSPS) is 10.4. The molecule has 2 nitrogen and oxygen atoms in total. The van der Waals surface area contributed by atoms with Gasteiger partial charge in [-0.1, -0.05) is 35.0 Å². The lowest BCUT2D eigenvalue weighted by atomic mass is 10.1. The first-order valence-corrected chi connectivity index (χ1v) is 5.97. The van der Waals surface area contributed by atoms with Crippen molar-refractivity contribution in [2.45, 2.75) is 13.3 Å². The first kappa shape index (κ1) is 11.1. The molecule has 0 saturated heterocycles. The predicted octanol–water partition coefficient (Wildman–Crippen LogP) is 3.82. The van der Waals surface area contributed by atoms with Gasteiger partial charge in [-0.2, -0.15) is 0 Å². The van der Waals surface area contributed by atoms with Crippen molar-refractivity contribution in [3.8, 4) is 11.1 Å². The number of carbonyl (C=O) groups excluding carboxylic acids is 1. The van der Waals surface area contributed by atoms with Crippen LogP contribution in [0.5, 0.6) is 0 Å². The number of aryl methyl sites for hydroxylation is 1. The molecule has 0 unspecified atom stereocenters. The third-order valence-electron chi connectivity index (χ3n) is 2.54. The van der Waals surface area contributed by atoms with E-state index in [0.717, 1.165) is 34.0 Å². The maximum atomic E-state index is 11.0. The van der Waals surface area contributed by atoms with E-state index in [1.165, 1.54) is 0 Å². The number of nitrogens with one attached hydrogen (secondary N) is 1. The molecule has 0 aliphatic heterocycles. The van der Waals surface area contributed by atoms with Crippen LogP contribution in [0.2, 0.25) is 0 Å². The highest BCUT2D eigenvalue weighted by Gasteiger charge is 2.08. The number of halogens is 1. The number of aromatic amines is 1. The Bertz CT molecular complexity index is 516. The van der Waals surface area contributed by atoms with Gasteiger partial charge in [0.2, 0.25) is 0 Å². The molecular weight excluding hydrogens is 266 g/mol. The Balaban J connectivity index is 2.54. The molecule has 1 aromatic heterocycles. The van der Waals surface area contributed by atoms with Gasteiger partial charge in [-0.15, -0.1) is 0 Å². The highest BCUT2D eigenvalue weighted by Crippen LogP contribution is 2.26. The Kier molecular flexibility index (Phi) is 3.25. The van der Waals surface area contributed by atoms with Crippen molar-refractivity contribution in [1.82, 2.24) is 4.98 Å². The fourth-order valence-electron chi connectivity index (χ4n) is 1.71. The molecule has 0 fully saturated rings. The number of aromatic nitrogens is 1. The molecule has 1 aromatic carbocycles. The number of hydrogen-bond acceptors (Lipinski definition) is 1. The fraction of sp³-hybridized carbons (Fsp3) is 0.154. The smallest absolute Gasteiger partial charge is 0.166 e. The minimum atomic E-state index is 0.648. The van der Waals surface area contributed by atoms with Gasteiger partial charge < -0.3 is 4.98 Å². The maximum Gasteiger partial charge on any atom is 0.166 e. The van der Waals surface area contributed by atoms with E-state index < -0.39 is 0 Å². The van der Waals surface area contributed by atoms with Crippen molar-refractivity contribution in [3.05, 3.63) is 46.2 Å². The summed E-state index contributed by atoms with van der Waals surface area (Å²) in [6, 6.07) is 9.98. The Morgan fingerprint density at radius 3 is 2.81 bits per heavy atom. The molecule has 0 saturated carbocycles. The maximum absolute atomic E-state index is 11.0. The molecule has 82 valence electrons. The Labute approximate surface area is 103 Å². The van der Waals surface area contributed by atoms with Gasteiger partial charge in [0, 0.05) is 15.7 Å². The average Bonchev–Trinajstić information content (AvgIpc) is 2.72. The van der Waals surface area contributed by atoms with Gasteiger partial charge in [-0.3, -0.25) is 4.79 Å². The number of benzene rings is 1. The van der Waals surface area contributed by atoms with E-state index in [2.05, 4.69) is 27.8 Å². The molecule has 1 N–H and O–H groups in total. The highest BCUT2D eigenvalue weighted by molar-refractivity contribution is 9.10. The molecule has 2 rings (SSSR count). The molecule has 0 aliphatic rings. The van der Waals surface area contributed by atoms with Gasteiger partial charge in [-0.25, -0.2) is 0 Å². The summed E-state index contributed by atoms with van der Waals surface area (Å²) in [6.45, 7) is 2.06. The van der Waals surface area contributed by atoms with Crippen molar-refractivity contribution in [2.75, 3.05) is 0 Å². The van der Waals surface area contributed by atoms with Crippen molar-refractivity contribution in [2.24, 2.45) is 0 Å². The first-order valence-electron chi connectivity index (χ1n) is 5.17. The van der Waals surface area contributed by atoms with E-state index in [0.29, 0.717) is 5.69 Å². The zero-order chi connectivity index (χ0) is 11.5. The van der Waals surface area contributed by atoms with Crippen LogP contribution in [0.1, 0.15) is 23.1 Å². The largest absolute Gasteiger partial charge is 0.356 e. The number of rotatable bonds is 3. The summed E-state index contributed by atoms with van der Waals surface area (Å²) < 4.78 is 1.01. The molecule has 0 amide bonds. The van der Waals surface area contributed by atoms with Crippen molar-refractivity contribution in [3.63, 3.8) is 0 Å². The molecule has 16 heavy (non-hydrogen) atoms. The molecule has 0 spiro atoms. The van der Waals surface area contributed by atoms with Gasteiger partial charge in [-0.05, 0) is 30.2 Å². The van der Waals surface area contributed by atoms with E-state index in [1.807, 2.05) is 30.3 Å². The van der Waals surface area contributed by atoms with Crippen LogP contribution in [0, 0.1) is 0 Å². The Morgan fingerprint density at radius 2 is 2.19 bits per heavy atom. The van der Waals surface area contributed by atoms with Gasteiger partial charge in [0.15, 0.2) is 6.29 Å². The van der Waals surface area contributed by atoms with E-state index in [1.54, 1.807) is 0 Å². The lowest BCUT2D eigenvalue weighted by molar-refractivity contribution is 0.112. The topological polar surface area (TPSA) is 32.9 Å². The summed E-state index contributed by atoms with van der Waals surface area (Å²) >= 11 is 3.43. The molecule has 0 radical (unpaired) electrons. The summed E-state index contributed by atoms with van der Waals surface area (Å²) in [5, 5.41) is 0. The van der Waals surface area contributed by atoms with Crippen LogP contribution < -0.4 is 0 Å². The summed E-state index contributed by atoms with van der Waals surface area (Å²) in [5.41, 5.74) is 3.74. The molecule has 1 heterocycles. The van der Waals surface area contributed by atoms with E-state index in [-0.39, 0.29) is 0 Å². The van der Waals surface area contributed by atoms with Crippen LogP contribution in [0.25, 0.3) is 11.1 Å². The lowest BCUT2D eigenvalue weighted by Crippen LogP contribution is -1.84. The summed E-state index contributed by atoms with van der Waals surface area (Å²) in [7, 11) is 0. The summed E-state index contributed by atoms with van der Waals surface area (Å²) in [6.07, 6.45) is 1.77. The Hall–Kier alpha value is -1.35. The van der Waals surface area contributed by atoms with E-state index >= 15 is 0 Å². The summed E-state index contributed by atoms with van der Waals surface area (Å²) in [4.78, 5) is 14.1. The molecule has 3 heteroatoms. The molecule has 0 atom stereocenters. The Morgan fingerprint density at radius 1 is 1.38 bits per heavy atom. The van der Waals surface area contributed by atoms with Crippen LogP contribution >= 0.6 is 15.9 Å².